The minimum absolute atomic E-state index is 0.00871. The van der Waals surface area contributed by atoms with Crippen molar-refractivity contribution in [2.75, 3.05) is 24.6 Å². The normalized spacial score (nSPS) is 19.8. The number of thiazole rings is 1. The molecule has 1 N–H and O–H groups in total. The van der Waals surface area contributed by atoms with Crippen molar-refractivity contribution >= 4 is 22.4 Å². The molecule has 1 amide bonds. The van der Waals surface area contributed by atoms with Crippen molar-refractivity contribution in [3.63, 3.8) is 0 Å². The van der Waals surface area contributed by atoms with Gasteiger partial charge in [-0.2, -0.15) is 0 Å². The second-order valence-electron chi connectivity index (χ2n) is 6.92. The highest BCUT2D eigenvalue weighted by Crippen LogP contribution is 2.42. The monoisotopic (exact) mass is 371 g/mol. The van der Waals surface area contributed by atoms with Gasteiger partial charge in [0.1, 0.15) is 5.75 Å². The third kappa shape index (κ3) is 3.43. The van der Waals surface area contributed by atoms with E-state index in [9.17, 15) is 4.79 Å². The number of hydrogen-bond acceptors (Lipinski definition) is 5. The number of rotatable bonds is 5. The van der Waals surface area contributed by atoms with E-state index in [1.54, 1.807) is 11.3 Å². The van der Waals surface area contributed by atoms with E-state index < -0.39 is 0 Å². The Morgan fingerprint density at radius 1 is 1.31 bits per heavy atom. The zero-order valence-electron chi connectivity index (χ0n) is 15.2. The lowest BCUT2D eigenvalue weighted by Crippen LogP contribution is -2.22. The Labute approximate surface area is 158 Å². The predicted octanol–water partition coefficient (Wildman–Crippen LogP) is 3.68. The fourth-order valence-corrected chi connectivity index (χ4v) is 4.94. The van der Waals surface area contributed by atoms with Crippen molar-refractivity contribution in [2.24, 2.45) is 0 Å². The standard InChI is InChI=1S/C20H25N3O2S/c1-2-11-25-17-8-4-3-7-14(17)15-12-18(24)21-13-16-19(15)26-20(22-16)23-9-5-6-10-23/h3-4,7-8,15H,2,5-6,9-13H2,1H3,(H,21,24)/t15-/m0/s1. The summed E-state index contributed by atoms with van der Waals surface area (Å²) in [6.45, 7) is 5.47. The van der Waals surface area contributed by atoms with Gasteiger partial charge in [-0.05, 0) is 25.3 Å². The second kappa shape index (κ2) is 7.66. The fraction of sp³-hybridized carbons (Fsp3) is 0.500. The number of para-hydroxylation sites is 1. The first-order chi connectivity index (χ1) is 12.8. The van der Waals surface area contributed by atoms with Crippen LogP contribution in [0.4, 0.5) is 5.13 Å². The number of ether oxygens (including phenoxy) is 1. The van der Waals surface area contributed by atoms with Crippen LogP contribution in [-0.4, -0.2) is 30.6 Å². The molecule has 2 aliphatic rings. The number of anilines is 1. The third-order valence-electron chi connectivity index (χ3n) is 5.01. The van der Waals surface area contributed by atoms with Crippen molar-refractivity contribution < 1.29 is 9.53 Å². The van der Waals surface area contributed by atoms with E-state index in [1.165, 1.54) is 17.7 Å². The smallest absolute Gasteiger partial charge is 0.221 e. The van der Waals surface area contributed by atoms with Gasteiger partial charge in [0.05, 0.1) is 18.8 Å². The molecule has 4 rings (SSSR count). The minimum atomic E-state index is 0.00871. The highest BCUT2D eigenvalue weighted by atomic mass is 32.1. The van der Waals surface area contributed by atoms with E-state index in [0.717, 1.165) is 41.6 Å². The van der Waals surface area contributed by atoms with E-state index >= 15 is 0 Å². The molecule has 5 nitrogen and oxygen atoms in total. The zero-order valence-corrected chi connectivity index (χ0v) is 16.0. The first-order valence-electron chi connectivity index (χ1n) is 9.49. The van der Waals surface area contributed by atoms with Crippen LogP contribution < -0.4 is 15.0 Å². The molecular formula is C20H25N3O2S. The van der Waals surface area contributed by atoms with Crippen molar-refractivity contribution in [3.05, 3.63) is 40.4 Å². The molecule has 1 atom stereocenters. The Morgan fingerprint density at radius 2 is 2.12 bits per heavy atom. The third-order valence-corrected chi connectivity index (χ3v) is 6.28. The molecule has 0 bridgehead atoms. The maximum atomic E-state index is 12.3. The van der Waals surface area contributed by atoms with Gasteiger partial charge in [-0.25, -0.2) is 4.98 Å². The van der Waals surface area contributed by atoms with E-state index in [1.807, 2.05) is 18.2 Å². The molecule has 1 aromatic heterocycles. The molecule has 1 fully saturated rings. The van der Waals surface area contributed by atoms with Crippen molar-refractivity contribution in [2.45, 2.75) is 45.1 Å². The van der Waals surface area contributed by atoms with E-state index in [2.05, 4.69) is 23.2 Å². The largest absolute Gasteiger partial charge is 0.493 e. The van der Waals surface area contributed by atoms with Gasteiger partial charge in [0.25, 0.3) is 0 Å². The number of carbonyl (C=O) groups is 1. The Balaban J connectivity index is 1.72. The summed E-state index contributed by atoms with van der Waals surface area (Å²) < 4.78 is 5.98. The van der Waals surface area contributed by atoms with Gasteiger partial charge in [-0.3, -0.25) is 4.79 Å². The van der Waals surface area contributed by atoms with Gasteiger partial charge >= 0.3 is 0 Å². The molecule has 0 spiro atoms. The summed E-state index contributed by atoms with van der Waals surface area (Å²) in [6, 6.07) is 8.12. The summed E-state index contributed by atoms with van der Waals surface area (Å²) in [4.78, 5) is 20.8. The lowest BCUT2D eigenvalue weighted by molar-refractivity contribution is -0.121. The van der Waals surface area contributed by atoms with Gasteiger partial charge in [0.2, 0.25) is 5.91 Å². The molecule has 0 radical (unpaired) electrons. The molecule has 2 aliphatic heterocycles. The van der Waals surface area contributed by atoms with Crippen molar-refractivity contribution in [1.82, 2.24) is 10.3 Å². The molecule has 6 heteroatoms. The van der Waals surface area contributed by atoms with Gasteiger partial charge in [-0.15, -0.1) is 11.3 Å². The van der Waals surface area contributed by atoms with Gasteiger partial charge in [0.15, 0.2) is 5.13 Å². The van der Waals surface area contributed by atoms with Gasteiger partial charge in [0, 0.05) is 35.9 Å². The average Bonchev–Trinajstić information content (AvgIpc) is 3.30. The van der Waals surface area contributed by atoms with Crippen LogP contribution in [0, 0.1) is 0 Å². The Kier molecular flexibility index (Phi) is 5.11. The van der Waals surface area contributed by atoms with Crippen LogP contribution in [0.5, 0.6) is 5.75 Å². The molecule has 138 valence electrons. The molecule has 0 unspecified atom stereocenters. The molecule has 1 aromatic carbocycles. The number of nitrogens with one attached hydrogen (secondary N) is 1. The molecule has 3 heterocycles. The van der Waals surface area contributed by atoms with Crippen molar-refractivity contribution in [1.29, 1.82) is 0 Å². The van der Waals surface area contributed by atoms with Crippen molar-refractivity contribution in [3.8, 4) is 5.75 Å². The lowest BCUT2D eigenvalue weighted by atomic mass is 9.92. The zero-order chi connectivity index (χ0) is 17.9. The SMILES string of the molecule is CCCOc1ccccc1[C@@H]1CC(=O)NCc2nc(N3CCCC3)sc21. The summed E-state index contributed by atoms with van der Waals surface area (Å²) in [5.41, 5.74) is 2.11. The van der Waals surface area contributed by atoms with E-state index in [-0.39, 0.29) is 11.8 Å². The van der Waals surface area contributed by atoms with Gasteiger partial charge in [-0.1, -0.05) is 25.1 Å². The summed E-state index contributed by atoms with van der Waals surface area (Å²) in [7, 11) is 0. The van der Waals surface area contributed by atoms with Crippen LogP contribution in [0.25, 0.3) is 0 Å². The number of benzene rings is 1. The minimum Gasteiger partial charge on any atom is -0.493 e. The quantitative estimate of drug-likeness (QED) is 0.871. The molecule has 1 saturated heterocycles. The summed E-state index contributed by atoms with van der Waals surface area (Å²) in [5.74, 6) is 0.971. The molecule has 26 heavy (non-hydrogen) atoms. The number of aromatic nitrogens is 1. The number of hydrogen-bond donors (Lipinski definition) is 1. The number of amides is 1. The predicted molar refractivity (Wildman–Crippen MR) is 104 cm³/mol. The van der Waals surface area contributed by atoms with Crippen LogP contribution in [0.2, 0.25) is 0 Å². The Hall–Kier alpha value is -2.08. The van der Waals surface area contributed by atoms with Crippen LogP contribution in [0.15, 0.2) is 24.3 Å². The maximum Gasteiger partial charge on any atom is 0.221 e. The number of carbonyl (C=O) groups excluding carboxylic acids is 1. The fourth-order valence-electron chi connectivity index (χ4n) is 3.69. The second-order valence-corrected chi connectivity index (χ2v) is 7.93. The first kappa shape index (κ1) is 17.3. The molecule has 2 aromatic rings. The Morgan fingerprint density at radius 3 is 2.92 bits per heavy atom. The van der Waals surface area contributed by atoms with Gasteiger partial charge < -0.3 is 15.0 Å². The highest BCUT2D eigenvalue weighted by molar-refractivity contribution is 7.15. The average molecular weight is 372 g/mol. The van der Waals surface area contributed by atoms with Crippen LogP contribution in [-0.2, 0) is 11.3 Å². The molecule has 0 saturated carbocycles. The summed E-state index contributed by atoms with van der Waals surface area (Å²) >= 11 is 1.75. The number of nitrogens with zero attached hydrogens (tertiary/aromatic N) is 2. The topological polar surface area (TPSA) is 54.5 Å². The number of fused-ring (bicyclic) bond motifs is 1. The lowest BCUT2D eigenvalue weighted by Gasteiger charge is -2.18. The highest BCUT2D eigenvalue weighted by Gasteiger charge is 2.31. The first-order valence-corrected chi connectivity index (χ1v) is 10.3. The maximum absolute atomic E-state index is 12.3. The van der Waals surface area contributed by atoms with E-state index in [4.69, 9.17) is 9.72 Å². The van der Waals surface area contributed by atoms with E-state index in [0.29, 0.717) is 19.6 Å². The molecule has 0 aliphatic carbocycles. The van der Waals surface area contributed by atoms with Crippen LogP contribution >= 0.6 is 11.3 Å². The van der Waals surface area contributed by atoms with Crippen LogP contribution in [0.3, 0.4) is 0 Å². The Bertz CT molecular complexity index is 783. The van der Waals surface area contributed by atoms with Crippen LogP contribution in [0.1, 0.15) is 54.7 Å². The summed E-state index contributed by atoms with van der Waals surface area (Å²) in [5, 5.41) is 4.11. The molecular weight excluding hydrogens is 346 g/mol. The summed E-state index contributed by atoms with van der Waals surface area (Å²) in [6.07, 6.45) is 3.88.